The number of nitrogens with one attached hydrogen (secondary N) is 2. The van der Waals surface area contributed by atoms with Gasteiger partial charge in [0.15, 0.2) is 11.5 Å². The van der Waals surface area contributed by atoms with Crippen molar-refractivity contribution in [2.24, 2.45) is 5.92 Å². The van der Waals surface area contributed by atoms with E-state index in [2.05, 4.69) is 10.6 Å². The topological polar surface area (TPSA) is 85.9 Å². The van der Waals surface area contributed by atoms with E-state index in [9.17, 15) is 14.0 Å². The monoisotopic (exact) mass is 418 g/mol. The molecule has 2 aromatic rings. The number of hydrogen-bond acceptors (Lipinski definition) is 5. The van der Waals surface area contributed by atoms with Gasteiger partial charge in [-0.15, -0.1) is 0 Å². The van der Waals surface area contributed by atoms with Crippen LogP contribution in [0.5, 0.6) is 17.2 Å². The Morgan fingerprint density at radius 2 is 1.53 bits per heavy atom. The van der Waals surface area contributed by atoms with Crippen LogP contribution < -0.4 is 24.8 Å². The zero-order valence-corrected chi connectivity index (χ0v) is 17.7. The minimum atomic E-state index is -0.767. The van der Waals surface area contributed by atoms with Gasteiger partial charge in [-0.05, 0) is 35.7 Å². The fourth-order valence-corrected chi connectivity index (χ4v) is 2.87. The molecule has 0 fully saturated rings. The Kier molecular flexibility index (Phi) is 8.03. The second-order valence-corrected chi connectivity index (χ2v) is 6.95. The number of hydrogen-bond donors (Lipinski definition) is 2. The molecule has 2 rings (SSSR count). The largest absolute Gasteiger partial charge is 0.493 e. The lowest BCUT2D eigenvalue weighted by atomic mass is 10.0. The molecule has 0 saturated carbocycles. The Hall–Kier alpha value is -3.29. The van der Waals surface area contributed by atoms with Crippen LogP contribution in [0.4, 0.5) is 4.39 Å². The van der Waals surface area contributed by atoms with Crippen LogP contribution in [-0.4, -0.2) is 39.2 Å². The van der Waals surface area contributed by atoms with Gasteiger partial charge in [0, 0.05) is 12.1 Å². The van der Waals surface area contributed by atoms with Crippen LogP contribution in [0.1, 0.15) is 29.8 Å². The second kappa shape index (κ2) is 10.5. The molecule has 2 amide bonds. The third-order valence-electron chi connectivity index (χ3n) is 4.54. The van der Waals surface area contributed by atoms with Crippen molar-refractivity contribution in [3.05, 3.63) is 53.3 Å². The van der Waals surface area contributed by atoms with Crippen molar-refractivity contribution in [1.82, 2.24) is 10.6 Å². The average Bonchev–Trinajstić information content (AvgIpc) is 2.75. The lowest BCUT2D eigenvalue weighted by Crippen LogP contribution is -2.49. The molecule has 0 unspecified atom stereocenters. The third kappa shape index (κ3) is 5.62. The van der Waals surface area contributed by atoms with Crippen LogP contribution in [0, 0.1) is 11.7 Å². The van der Waals surface area contributed by atoms with Gasteiger partial charge < -0.3 is 24.8 Å². The average molecular weight is 418 g/mol. The summed E-state index contributed by atoms with van der Waals surface area (Å²) in [6, 6.07) is 8.11. The van der Waals surface area contributed by atoms with Crippen LogP contribution in [-0.2, 0) is 11.3 Å². The summed E-state index contributed by atoms with van der Waals surface area (Å²) in [6.07, 6.45) is 0. The SMILES string of the molecule is COc1cc(C(=O)N[C@@H](C(=O)NCc2ccc(F)cc2)C(C)C)cc(OC)c1OC. The van der Waals surface area contributed by atoms with Crippen LogP contribution in [0.2, 0.25) is 0 Å². The van der Waals surface area contributed by atoms with Crippen molar-refractivity contribution < 1.29 is 28.2 Å². The molecule has 0 aliphatic heterocycles. The molecule has 7 nitrogen and oxygen atoms in total. The lowest BCUT2D eigenvalue weighted by molar-refractivity contribution is -0.124. The van der Waals surface area contributed by atoms with Crippen LogP contribution >= 0.6 is 0 Å². The maximum atomic E-state index is 13.0. The standard InChI is InChI=1S/C22H27FN2O5/c1-13(2)19(22(27)24-12-14-6-8-16(23)9-7-14)25-21(26)15-10-17(28-3)20(30-5)18(11-15)29-4/h6-11,13,19H,12H2,1-5H3,(H,24,27)(H,25,26)/t19-/m1/s1. The molecule has 1 atom stereocenters. The highest BCUT2D eigenvalue weighted by atomic mass is 19.1. The van der Waals surface area contributed by atoms with Crippen LogP contribution in [0.25, 0.3) is 0 Å². The Morgan fingerprint density at radius 1 is 0.967 bits per heavy atom. The van der Waals surface area contributed by atoms with Gasteiger partial charge in [-0.2, -0.15) is 0 Å². The number of methoxy groups -OCH3 is 3. The third-order valence-corrected chi connectivity index (χ3v) is 4.54. The van der Waals surface area contributed by atoms with Gasteiger partial charge in [0.05, 0.1) is 21.3 Å². The van der Waals surface area contributed by atoms with E-state index < -0.39 is 11.9 Å². The summed E-state index contributed by atoms with van der Waals surface area (Å²) in [4.78, 5) is 25.5. The highest BCUT2D eigenvalue weighted by Gasteiger charge is 2.26. The van der Waals surface area contributed by atoms with Crippen molar-refractivity contribution in [3.8, 4) is 17.2 Å². The molecule has 0 radical (unpaired) electrons. The van der Waals surface area contributed by atoms with E-state index in [4.69, 9.17) is 14.2 Å². The number of ether oxygens (including phenoxy) is 3. The number of carbonyl (C=O) groups is 2. The maximum Gasteiger partial charge on any atom is 0.252 e. The fourth-order valence-electron chi connectivity index (χ4n) is 2.87. The van der Waals surface area contributed by atoms with Crippen LogP contribution in [0.15, 0.2) is 36.4 Å². The smallest absolute Gasteiger partial charge is 0.252 e. The summed E-state index contributed by atoms with van der Waals surface area (Å²) in [6.45, 7) is 3.89. The zero-order chi connectivity index (χ0) is 22.3. The Bertz CT molecular complexity index is 859. The predicted octanol–water partition coefficient (Wildman–Crippen LogP) is 2.92. The maximum absolute atomic E-state index is 13.0. The number of amides is 2. The minimum Gasteiger partial charge on any atom is -0.493 e. The molecule has 0 aromatic heterocycles. The summed E-state index contributed by atoms with van der Waals surface area (Å²) >= 11 is 0. The second-order valence-electron chi connectivity index (χ2n) is 6.95. The van der Waals surface area contributed by atoms with Crippen molar-refractivity contribution >= 4 is 11.8 Å². The first-order chi connectivity index (χ1) is 14.3. The van der Waals surface area contributed by atoms with E-state index in [1.54, 1.807) is 12.1 Å². The summed E-state index contributed by atoms with van der Waals surface area (Å²) in [5, 5.41) is 5.53. The van der Waals surface area contributed by atoms with E-state index in [0.717, 1.165) is 5.56 Å². The molecule has 0 heterocycles. The molecule has 2 aromatic carbocycles. The highest BCUT2D eigenvalue weighted by molar-refractivity contribution is 5.98. The van der Waals surface area contributed by atoms with E-state index in [1.807, 2.05) is 13.8 Å². The first kappa shape index (κ1) is 23.0. The molecule has 2 N–H and O–H groups in total. The predicted molar refractivity (Wildman–Crippen MR) is 110 cm³/mol. The van der Waals surface area contributed by atoms with E-state index in [0.29, 0.717) is 17.2 Å². The molecule has 0 aliphatic carbocycles. The van der Waals surface area contributed by atoms with E-state index in [1.165, 1.54) is 45.6 Å². The van der Waals surface area contributed by atoms with E-state index in [-0.39, 0.29) is 29.8 Å². The van der Waals surface area contributed by atoms with Gasteiger partial charge in [0.1, 0.15) is 11.9 Å². The van der Waals surface area contributed by atoms with Crippen molar-refractivity contribution in [2.75, 3.05) is 21.3 Å². The van der Waals surface area contributed by atoms with Crippen molar-refractivity contribution in [3.63, 3.8) is 0 Å². The first-order valence-corrected chi connectivity index (χ1v) is 9.43. The molecule has 0 bridgehead atoms. The van der Waals surface area contributed by atoms with Gasteiger partial charge in [-0.3, -0.25) is 9.59 Å². The number of halogens is 1. The minimum absolute atomic E-state index is 0.163. The van der Waals surface area contributed by atoms with Gasteiger partial charge in [-0.25, -0.2) is 4.39 Å². The fraction of sp³-hybridized carbons (Fsp3) is 0.364. The normalized spacial score (nSPS) is 11.6. The summed E-state index contributed by atoms with van der Waals surface area (Å²) < 4.78 is 28.8. The van der Waals surface area contributed by atoms with Gasteiger partial charge in [0.25, 0.3) is 5.91 Å². The summed E-state index contributed by atoms with van der Waals surface area (Å²) in [5.74, 6) is -0.256. The van der Waals surface area contributed by atoms with E-state index >= 15 is 0 Å². The molecular formula is C22H27FN2O5. The number of rotatable bonds is 9. The highest BCUT2D eigenvalue weighted by Crippen LogP contribution is 2.38. The van der Waals surface area contributed by atoms with Gasteiger partial charge in [-0.1, -0.05) is 26.0 Å². The molecule has 0 spiro atoms. The van der Waals surface area contributed by atoms with Gasteiger partial charge >= 0.3 is 0 Å². The summed E-state index contributed by atoms with van der Waals surface area (Å²) in [5.41, 5.74) is 1.02. The zero-order valence-electron chi connectivity index (χ0n) is 17.7. The van der Waals surface area contributed by atoms with Crippen molar-refractivity contribution in [1.29, 1.82) is 0 Å². The molecular weight excluding hydrogens is 391 g/mol. The Morgan fingerprint density at radius 3 is 2.00 bits per heavy atom. The quantitative estimate of drug-likeness (QED) is 0.654. The molecule has 0 aliphatic rings. The van der Waals surface area contributed by atoms with Gasteiger partial charge in [0.2, 0.25) is 11.7 Å². The lowest BCUT2D eigenvalue weighted by Gasteiger charge is -2.22. The van der Waals surface area contributed by atoms with Crippen LogP contribution in [0.3, 0.4) is 0 Å². The summed E-state index contributed by atoms with van der Waals surface area (Å²) in [7, 11) is 4.39. The number of benzene rings is 2. The molecule has 162 valence electrons. The Labute approximate surface area is 175 Å². The van der Waals surface area contributed by atoms with Crippen molar-refractivity contribution in [2.45, 2.75) is 26.4 Å². The molecule has 0 saturated heterocycles. The molecule has 30 heavy (non-hydrogen) atoms. The molecule has 8 heteroatoms. The Balaban J connectivity index is 2.14. The first-order valence-electron chi connectivity index (χ1n) is 9.43. The number of carbonyl (C=O) groups excluding carboxylic acids is 2.